The van der Waals surface area contributed by atoms with Crippen LogP contribution >= 0.6 is 7.60 Å². The summed E-state index contributed by atoms with van der Waals surface area (Å²) in [5, 5.41) is 0. The fourth-order valence-corrected chi connectivity index (χ4v) is 3.74. The van der Waals surface area contributed by atoms with Gasteiger partial charge in [0.15, 0.2) is 5.78 Å². The highest BCUT2D eigenvalue weighted by Gasteiger charge is 2.36. The van der Waals surface area contributed by atoms with Crippen molar-refractivity contribution in [1.82, 2.24) is 0 Å². The van der Waals surface area contributed by atoms with Crippen LogP contribution in [0.2, 0.25) is 0 Å². The van der Waals surface area contributed by atoms with Crippen molar-refractivity contribution in [3.8, 4) is 0 Å². The molecule has 0 bridgehead atoms. The summed E-state index contributed by atoms with van der Waals surface area (Å²) in [6.07, 6.45) is -0.465. The van der Waals surface area contributed by atoms with Gasteiger partial charge in [-0.25, -0.2) is 0 Å². The fourth-order valence-electron chi connectivity index (χ4n) is 2.13. The van der Waals surface area contributed by atoms with Crippen molar-refractivity contribution >= 4 is 19.3 Å². The maximum Gasteiger partial charge on any atom is 0.338 e. The molecular weight excluding hydrogens is 319 g/mol. The highest BCUT2D eigenvalue weighted by atomic mass is 31.2. The van der Waals surface area contributed by atoms with Crippen LogP contribution in [0.25, 0.3) is 0 Å². The van der Waals surface area contributed by atoms with Crippen LogP contribution in [-0.4, -0.2) is 37.7 Å². The lowest BCUT2D eigenvalue weighted by molar-refractivity contribution is -0.147. The molecule has 128 valence electrons. The predicted molar refractivity (Wildman–Crippen MR) is 86.5 cm³/mol. The third kappa shape index (κ3) is 5.90. The Morgan fingerprint density at radius 1 is 1.00 bits per heavy atom. The number of Topliss-reactive ketones (excluding diaryl/α,β-unsaturated/α-hetero) is 1. The van der Waals surface area contributed by atoms with Crippen molar-refractivity contribution in [2.24, 2.45) is 0 Å². The van der Waals surface area contributed by atoms with Gasteiger partial charge in [0.05, 0.1) is 19.8 Å². The van der Waals surface area contributed by atoms with Gasteiger partial charge in [0, 0.05) is 0 Å². The topological polar surface area (TPSA) is 78.9 Å². The van der Waals surface area contributed by atoms with E-state index in [9.17, 15) is 14.2 Å². The summed E-state index contributed by atoms with van der Waals surface area (Å²) in [5.74, 6) is -2.34. The van der Waals surface area contributed by atoms with Crippen molar-refractivity contribution in [3.63, 3.8) is 0 Å². The lowest BCUT2D eigenvalue weighted by Gasteiger charge is -2.19. The Balaban J connectivity index is 3.04. The van der Waals surface area contributed by atoms with E-state index in [1.165, 1.54) is 0 Å². The van der Waals surface area contributed by atoms with E-state index in [1.807, 2.05) is 0 Å². The minimum Gasteiger partial charge on any atom is -0.465 e. The molecule has 0 aromatic heterocycles. The highest BCUT2D eigenvalue weighted by molar-refractivity contribution is 7.54. The molecule has 0 fully saturated rings. The number of rotatable bonds is 10. The first-order chi connectivity index (χ1) is 11.0. The lowest BCUT2D eigenvalue weighted by atomic mass is 9.95. The van der Waals surface area contributed by atoms with Crippen LogP contribution in [0.15, 0.2) is 30.3 Å². The summed E-state index contributed by atoms with van der Waals surface area (Å²) in [6.45, 7) is 5.45. The van der Waals surface area contributed by atoms with E-state index in [1.54, 1.807) is 51.1 Å². The van der Waals surface area contributed by atoms with E-state index in [0.29, 0.717) is 5.56 Å². The molecule has 0 aliphatic carbocycles. The van der Waals surface area contributed by atoms with E-state index in [2.05, 4.69) is 0 Å². The smallest absolute Gasteiger partial charge is 0.338 e. The summed E-state index contributed by atoms with van der Waals surface area (Å²) in [5.41, 5.74) is 0.496. The van der Waals surface area contributed by atoms with Crippen LogP contribution in [0.3, 0.4) is 0 Å². The minimum atomic E-state index is -3.57. The van der Waals surface area contributed by atoms with E-state index in [0.717, 1.165) is 0 Å². The molecule has 0 saturated heterocycles. The van der Waals surface area contributed by atoms with E-state index in [4.69, 9.17) is 13.8 Å². The van der Waals surface area contributed by atoms with Crippen molar-refractivity contribution in [2.75, 3.05) is 26.0 Å². The zero-order valence-corrected chi connectivity index (χ0v) is 14.6. The molecule has 0 saturated carbocycles. The normalized spacial score (nSPS) is 12.7. The van der Waals surface area contributed by atoms with Crippen LogP contribution in [-0.2, 0) is 27.9 Å². The molecule has 7 heteroatoms. The van der Waals surface area contributed by atoms with Crippen molar-refractivity contribution in [1.29, 1.82) is 0 Å². The minimum absolute atomic E-state index is 0.153. The molecule has 1 rings (SSSR count). The molecule has 0 aliphatic rings. The molecule has 1 unspecified atom stereocenters. The standard InChI is InChI=1S/C16H23O6P/c1-4-20-16(18)15(13-10-8-7-9-11-13)14(17)12-23(19,21-5-2)22-6-3/h7-11,15H,4-6,12H2,1-3H3. The molecule has 6 nitrogen and oxygen atoms in total. The Labute approximate surface area is 136 Å². The maximum absolute atomic E-state index is 12.6. The van der Waals surface area contributed by atoms with Crippen LogP contribution in [0.1, 0.15) is 32.3 Å². The Bertz CT molecular complexity index is 547. The first-order valence-corrected chi connectivity index (χ1v) is 9.32. The van der Waals surface area contributed by atoms with Crippen molar-refractivity contribution in [3.05, 3.63) is 35.9 Å². The van der Waals surface area contributed by atoms with Gasteiger partial charge in [-0.1, -0.05) is 30.3 Å². The van der Waals surface area contributed by atoms with Crippen molar-refractivity contribution in [2.45, 2.75) is 26.7 Å². The van der Waals surface area contributed by atoms with Gasteiger partial charge < -0.3 is 13.8 Å². The van der Waals surface area contributed by atoms with E-state index in [-0.39, 0.29) is 19.8 Å². The summed E-state index contributed by atoms with van der Waals surface area (Å²) < 4.78 is 27.8. The lowest BCUT2D eigenvalue weighted by Crippen LogP contribution is -2.27. The molecule has 0 N–H and O–H groups in total. The second-order valence-corrected chi connectivity index (χ2v) is 6.72. The van der Waals surface area contributed by atoms with Gasteiger partial charge in [-0.05, 0) is 26.3 Å². The molecular formula is C16H23O6P. The van der Waals surface area contributed by atoms with Gasteiger partial charge in [-0.2, -0.15) is 0 Å². The highest BCUT2D eigenvalue weighted by Crippen LogP contribution is 2.48. The van der Waals surface area contributed by atoms with Gasteiger partial charge in [0.25, 0.3) is 0 Å². The number of carbonyl (C=O) groups excluding carboxylic acids is 2. The Morgan fingerprint density at radius 3 is 2.04 bits per heavy atom. The average Bonchev–Trinajstić information content (AvgIpc) is 2.49. The summed E-state index contributed by atoms with van der Waals surface area (Å²) in [7, 11) is -3.57. The van der Waals surface area contributed by atoms with Gasteiger partial charge in [0.2, 0.25) is 0 Å². The number of hydrogen-bond acceptors (Lipinski definition) is 6. The van der Waals surface area contributed by atoms with Gasteiger partial charge in [-0.3, -0.25) is 14.2 Å². The zero-order valence-electron chi connectivity index (χ0n) is 13.7. The summed E-state index contributed by atoms with van der Waals surface area (Å²) in [6, 6.07) is 8.54. The average molecular weight is 342 g/mol. The molecule has 1 aromatic carbocycles. The number of hydrogen-bond donors (Lipinski definition) is 0. The number of benzene rings is 1. The molecule has 1 aromatic rings. The maximum atomic E-state index is 12.6. The van der Waals surface area contributed by atoms with Gasteiger partial charge in [-0.15, -0.1) is 0 Å². The monoisotopic (exact) mass is 342 g/mol. The molecule has 0 amide bonds. The fraction of sp³-hybridized carbons (Fsp3) is 0.500. The third-order valence-electron chi connectivity index (χ3n) is 2.98. The summed E-state index contributed by atoms with van der Waals surface area (Å²) >= 11 is 0. The van der Waals surface area contributed by atoms with Gasteiger partial charge >= 0.3 is 13.6 Å². The quantitative estimate of drug-likeness (QED) is 0.369. The second kappa shape index (κ2) is 9.60. The molecule has 0 heterocycles. The SMILES string of the molecule is CCOC(=O)C(C(=O)CP(=O)(OCC)OCC)c1ccccc1. The second-order valence-electron chi connectivity index (χ2n) is 4.67. The van der Waals surface area contributed by atoms with Crippen LogP contribution < -0.4 is 0 Å². The first kappa shape index (κ1) is 19.6. The predicted octanol–water partition coefficient (Wildman–Crippen LogP) is 3.17. The van der Waals surface area contributed by atoms with Gasteiger partial charge in [0.1, 0.15) is 12.1 Å². The third-order valence-corrected chi connectivity index (χ3v) is 4.98. The Kier molecular flexibility index (Phi) is 8.17. The van der Waals surface area contributed by atoms with E-state index < -0.39 is 31.4 Å². The van der Waals surface area contributed by atoms with Crippen molar-refractivity contribution < 1.29 is 27.9 Å². The Morgan fingerprint density at radius 2 is 1.57 bits per heavy atom. The molecule has 0 radical (unpaired) electrons. The van der Waals surface area contributed by atoms with Crippen LogP contribution in [0, 0.1) is 0 Å². The van der Waals surface area contributed by atoms with Crippen LogP contribution in [0.5, 0.6) is 0 Å². The Hall–Kier alpha value is -1.49. The molecule has 1 atom stereocenters. The van der Waals surface area contributed by atoms with E-state index >= 15 is 0 Å². The van der Waals surface area contributed by atoms with Crippen LogP contribution in [0.4, 0.5) is 0 Å². The summed E-state index contributed by atoms with van der Waals surface area (Å²) in [4.78, 5) is 24.8. The first-order valence-electron chi connectivity index (χ1n) is 7.59. The number of ketones is 1. The number of ether oxygens (including phenoxy) is 1. The number of esters is 1. The number of carbonyl (C=O) groups is 2. The largest absolute Gasteiger partial charge is 0.465 e. The molecule has 0 aliphatic heterocycles. The molecule has 0 spiro atoms. The molecule has 23 heavy (non-hydrogen) atoms. The zero-order chi connectivity index (χ0) is 17.3.